The zero-order chi connectivity index (χ0) is 20.8. The summed E-state index contributed by atoms with van der Waals surface area (Å²) < 4.78 is 4.35. The number of aromatic nitrogens is 6. The summed E-state index contributed by atoms with van der Waals surface area (Å²) in [6, 6.07) is 10.6. The van der Waals surface area contributed by atoms with E-state index in [-0.39, 0.29) is 0 Å². The molecule has 0 aliphatic carbocycles. The van der Waals surface area contributed by atoms with Gasteiger partial charge in [-0.15, -0.1) is 10.2 Å². The maximum absolute atomic E-state index is 6.54. The zero-order valence-corrected chi connectivity index (χ0v) is 18.1. The highest BCUT2D eigenvalue weighted by atomic mass is 35.5. The minimum absolute atomic E-state index is 0.433. The number of hydrogen-bond donors (Lipinski definition) is 0. The second-order valence-corrected chi connectivity index (χ2v) is 8.30. The van der Waals surface area contributed by atoms with E-state index in [4.69, 9.17) is 16.6 Å². The average Bonchev–Trinajstić information content (AvgIpc) is 3.28. The standard InChI is InChI=1S/C22H24ClN7/c1-14-26-27-15(2)30(14)16-8-10-29(11-9-16)21-12-17(18(23)13-24-21)22-25-19-6-4-5-7-20(19)28(22)3/h4-7,12-13,16H,8-11H2,1-3H3. The molecule has 1 saturated heterocycles. The van der Waals surface area contributed by atoms with Crippen molar-refractivity contribution in [3.8, 4) is 11.4 Å². The molecule has 1 fully saturated rings. The van der Waals surface area contributed by atoms with Crippen LogP contribution in [0.2, 0.25) is 5.02 Å². The van der Waals surface area contributed by atoms with Gasteiger partial charge in [-0.25, -0.2) is 9.97 Å². The van der Waals surface area contributed by atoms with Gasteiger partial charge in [-0.3, -0.25) is 0 Å². The molecule has 0 atom stereocenters. The number of benzene rings is 1. The first-order chi connectivity index (χ1) is 14.5. The van der Waals surface area contributed by atoms with Crippen LogP contribution in [0.15, 0.2) is 36.5 Å². The first-order valence-electron chi connectivity index (χ1n) is 10.2. The van der Waals surface area contributed by atoms with Crippen LogP contribution in [0.4, 0.5) is 5.82 Å². The maximum Gasteiger partial charge on any atom is 0.142 e. The summed E-state index contributed by atoms with van der Waals surface area (Å²) in [4.78, 5) is 11.8. The van der Waals surface area contributed by atoms with E-state index in [9.17, 15) is 0 Å². The number of nitrogens with zero attached hydrogens (tertiary/aromatic N) is 7. The van der Waals surface area contributed by atoms with Crippen LogP contribution in [0, 0.1) is 13.8 Å². The Bertz CT molecular complexity index is 1200. The van der Waals surface area contributed by atoms with E-state index in [1.54, 1.807) is 6.20 Å². The fraction of sp³-hybridized carbons (Fsp3) is 0.364. The number of imidazole rings is 1. The van der Waals surface area contributed by atoms with E-state index in [1.807, 2.05) is 39.1 Å². The maximum atomic E-state index is 6.54. The Hall–Kier alpha value is -2.93. The number of aryl methyl sites for hydroxylation is 3. The summed E-state index contributed by atoms with van der Waals surface area (Å²) in [5.41, 5.74) is 2.96. The van der Waals surface area contributed by atoms with E-state index >= 15 is 0 Å². The summed E-state index contributed by atoms with van der Waals surface area (Å²) in [5.74, 6) is 3.77. The molecule has 1 aliphatic heterocycles. The molecule has 7 nitrogen and oxygen atoms in total. The third kappa shape index (κ3) is 3.13. The van der Waals surface area contributed by atoms with Gasteiger partial charge in [-0.05, 0) is 44.9 Å². The molecule has 0 saturated carbocycles. The van der Waals surface area contributed by atoms with Crippen molar-refractivity contribution in [2.75, 3.05) is 18.0 Å². The molecule has 8 heteroatoms. The van der Waals surface area contributed by atoms with Crippen LogP contribution in [0.25, 0.3) is 22.4 Å². The van der Waals surface area contributed by atoms with Gasteiger partial charge in [0.15, 0.2) is 0 Å². The number of hydrogen-bond acceptors (Lipinski definition) is 5. The van der Waals surface area contributed by atoms with Gasteiger partial charge >= 0.3 is 0 Å². The number of para-hydroxylation sites is 2. The molecule has 0 spiro atoms. The molecule has 5 rings (SSSR count). The van der Waals surface area contributed by atoms with Crippen LogP contribution in [-0.2, 0) is 7.05 Å². The zero-order valence-electron chi connectivity index (χ0n) is 17.4. The number of fused-ring (bicyclic) bond motifs is 1. The van der Waals surface area contributed by atoms with Crippen molar-refractivity contribution in [1.82, 2.24) is 29.3 Å². The summed E-state index contributed by atoms with van der Waals surface area (Å²) in [7, 11) is 2.02. The second-order valence-electron chi connectivity index (χ2n) is 7.89. The van der Waals surface area contributed by atoms with E-state index in [0.717, 1.165) is 65.8 Å². The van der Waals surface area contributed by atoms with Gasteiger partial charge in [0.05, 0.1) is 16.1 Å². The third-order valence-corrected chi connectivity index (χ3v) is 6.36. The van der Waals surface area contributed by atoms with Gasteiger partial charge in [-0.1, -0.05) is 23.7 Å². The second kappa shape index (κ2) is 7.40. The lowest BCUT2D eigenvalue weighted by Crippen LogP contribution is -2.35. The quantitative estimate of drug-likeness (QED) is 0.492. The predicted octanol–water partition coefficient (Wildman–Crippen LogP) is 4.34. The van der Waals surface area contributed by atoms with E-state index in [2.05, 4.69) is 41.3 Å². The van der Waals surface area contributed by atoms with Crippen LogP contribution in [0.3, 0.4) is 0 Å². The van der Waals surface area contributed by atoms with Crippen molar-refractivity contribution >= 4 is 28.5 Å². The lowest BCUT2D eigenvalue weighted by molar-refractivity contribution is 0.382. The SMILES string of the molecule is Cc1nnc(C)n1C1CCN(c2cc(-c3nc4ccccc4n3C)c(Cl)cn2)CC1. The van der Waals surface area contributed by atoms with Crippen LogP contribution >= 0.6 is 11.6 Å². The van der Waals surface area contributed by atoms with Crippen LogP contribution in [-0.4, -0.2) is 42.4 Å². The Balaban J connectivity index is 1.42. The molecule has 0 N–H and O–H groups in total. The van der Waals surface area contributed by atoms with Crippen LogP contribution in [0.5, 0.6) is 0 Å². The fourth-order valence-electron chi connectivity index (χ4n) is 4.52. The first kappa shape index (κ1) is 19.1. The van der Waals surface area contributed by atoms with Crippen molar-refractivity contribution in [3.63, 3.8) is 0 Å². The Labute approximate surface area is 180 Å². The number of piperidine rings is 1. The molecule has 3 aromatic heterocycles. The lowest BCUT2D eigenvalue weighted by atomic mass is 10.0. The van der Waals surface area contributed by atoms with Gasteiger partial charge in [0.25, 0.3) is 0 Å². The number of rotatable bonds is 3. The van der Waals surface area contributed by atoms with Crippen molar-refractivity contribution in [3.05, 3.63) is 53.2 Å². The minimum Gasteiger partial charge on any atom is -0.356 e. The number of anilines is 1. The minimum atomic E-state index is 0.433. The van der Waals surface area contributed by atoms with E-state index < -0.39 is 0 Å². The molecule has 0 radical (unpaired) electrons. The molecule has 1 aliphatic rings. The normalized spacial score (nSPS) is 15.3. The largest absolute Gasteiger partial charge is 0.356 e. The Morgan fingerprint density at radius 2 is 1.73 bits per heavy atom. The highest BCUT2D eigenvalue weighted by Gasteiger charge is 2.25. The van der Waals surface area contributed by atoms with Gasteiger partial charge in [0, 0.05) is 37.9 Å². The molecule has 0 amide bonds. The van der Waals surface area contributed by atoms with Crippen molar-refractivity contribution in [2.45, 2.75) is 32.7 Å². The highest BCUT2D eigenvalue weighted by Crippen LogP contribution is 2.33. The molecule has 1 aromatic carbocycles. The Morgan fingerprint density at radius 3 is 2.43 bits per heavy atom. The molecule has 30 heavy (non-hydrogen) atoms. The molecule has 154 valence electrons. The third-order valence-electron chi connectivity index (χ3n) is 6.06. The summed E-state index contributed by atoms with van der Waals surface area (Å²) in [6.07, 6.45) is 3.81. The number of pyridine rings is 1. The molecule has 0 bridgehead atoms. The average molecular weight is 422 g/mol. The first-order valence-corrected chi connectivity index (χ1v) is 10.6. The van der Waals surface area contributed by atoms with E-state index in [1.165, 1.54) is 0 Å². The lowest BCUT2D eigenvalue weighted by Gasteiger charge is -2.34. The molecular formula is C22H24ClN7. The summed E-state index contributed by atoms with van der Waals surface area (Å²) >= 11 is 6.54. The van der Waals surface area contributed by atoms with Crippen LogP contribution < -0.4 is 4.90 Å². The number of halogens is 1. The summed E-state index contributed by atoms with van der Waals surface area (Å²) in [6.45, 7) is 5.91. The molecular weight excluding hydrogens is 398 g/mol. The van der Waals surface area contributed by atoms with Crippen LogP contribution in [0.1, 0.15) is 30.5 Å². The van der Waals surface area contributed by atoms with Crippen molar-refractivity contribution in [2.24, 2.45) is 7.05 Å². The van der Waals surface area contributed by atoms with Crippen molar-refractivity contribution < 1.29 is 0 Å². The van der Waals surface area contributed by atoms with E-state index in [0.29, 0.717) is 11.1 Å². The van der Waals surface area contributed by atoms with Gasteiger partial charge in [-0.2, -0.15) is 0 Å². The van der Waals surface area contributed by atoms with Gasteiger partial charge < -0.3 is 14.0 Å². The van der Waals surface area contributed by atoms with Crippen molar-refractivity contribution in [1.29, 1.82) is 0 Å². The van der Waals surface area contributed by atoms with Gasteiger partial charge in [0.1, 0.15) is 23.3 Å². The fourth-order valence-corrected chi connectivity index (χ4v) is 4.70. The molecule has 4 aromatic rings. The predicted molar refractivity (Wildman–Crippen MR) is 119 cm³/mol. The topological polar surface area (TPSA) is 64.7 Å². The smallest absolute Gasteiger partial charge is 0.142 e. The summed E-state index contributed by atoms with van der Waals surface area (Å²) in [5, 5.41) is 9.04. The highest BCUT2D eigenvalue weighted by molar-refractivity contribution is 6.33. The molecule has 0 unspecified atom stereocenters. The van der Waals surface area contributed by atoms with Gasteiger partial charge in [0.2, 0.25) is 0 Å². The Kier molecular flexibility index (Phi) is 4.70. The monoisotopic (exact) mass is 421 g/mol. The molecule has 4 heterocycles. The Morgan fingerprint density at radius 1 is 1.03 bits per heavy atom.